The molecule has 3 nitrogen and oxygen atoms in total. The van der Waals surface area contributed by atoms with Gasteiger partial charge in [-0.2, -0.15) is 11.8 Å². The largest absolute Gasteiger partial charge is 0.391 e. The molecule has 0 radical (unpaired) electrons. The summed E-state index contributed by atoms with van der Waals surface area (Å²) in [6, 6.07) is 0.682. The van der Waals surface area contributed by atoms with Gasteiger partial charge in [-0.3, -0.25) is 0 Å². The second-order valence-corrected chi connectivity index (χ2v) is 5.46. The third-order valence-electron chi connectivity index (χ3n) is 3.13. The lowest BCUT2D eigenvalue weighted by Crippen LogP contribution is -2.39. The number of β-amino-alcohol motifs (C(OH)–C–C–N with tert-alkyl or cyclic N) is 1. The van der Waals surface area contributed by atoms with E-state index in [1.165, 1.54) is 24.3 Å². The molecule has 2 heterocycles. The van der Waals surface area contributed by atoms with Gasteiger partial charge in [0.1, 0.15) is 0 Å². The second-order valence-electron chi connectivity index (χ2n) is 4.31. The number of hydrogen-bond acceptors (Lipinski definition) is 4. The molecule has 2 saturated heterocycles. The zero-order valence-corrected chi connectivity index (χ0v) is 9.35. The standard InChI is InChI=1S/C10H20N2OS/c13-10-6-11-4-8(10)5-12-9-2-1-3-14-7-9/h8-13H,1-7H2. The highest BCUT2D eigenvalue weighted by atomic mass is 32.2. The summed E-state index contributed by atoms with van der Waals surface area (Å²) < 4.78 is 0. The van der Waals surface area contributed by atoms with Crippen molar-refractivity contribution >= 4 is 11.8 Å². The Morgan fingerprint density at radius 2 is 2.36 bits per heavy atom. The molecule has 0 spiro atoms. The van der Waals surface area contributed by atoms with Crippen molar-refractivity contribution in [2.45, 2.75) is 25.0 Å². The van der Waals surface area contributed by atoms with Crippen LogP contribution in [0, 0.1) is 5.92 Å². The first-order chi connectivity index (χ1) is 6.86. The van der Waals surface area contributed by atoms with E-state index < -0.39 is 0 Å². The maximum atomic E-state index is 9.61. The Morgan fingerprint density at radius 1 is 1.43 bits per heavy atom. The molecule has 2 fully saturated rings. The minimum atomic E-state index is -0.140. The van der Waals surface area contributed by atoms with Crippen LogP contribution in [0.15, 0.2) is 0 Å². The van der Waals surface area contributed by atoms with Crippen LogP contribution < -0.4 is 10.6 Å². The van der Waals surface area contributed by atoms with Crippen molar-refractivity contribution in [2.75, 3.05) is 31.1 Å². The van der Waals surface area contributed by atoms with Crippen LogP contribution in [0.4, 0.5) is 0 Å². The molecule has 2 rings (SSSR count). The van der Waals surface area contributed by atoms with Crippen molar-refractivity contribution in [1.82, 2.24) is 10.6 Å². The number of hydrogen-bond donors (Lipinski definition) is 3. The summed E-state index contributed by atoms with van der Waals surface area (Å²) in [5.74, 6) is 2.99. The van der Waals surface area contributed by atoms with Crippen LogP contribution >= 0.6 is 11.8 Å². The zero-order chi connectivity index (χ0) is 9.80. The summed E-state index contributed by atoms with van der Waals surface area (Å²) >= 11 is 2.05. The number of rotatable bonds is 3. The molecule has 0 aromatic rings. The van der Waals surface area contributed by atoms with Gasteiger partial charge in [0.15, 0.2) is 0 Å². The Hall–Kier alpha value is 0.230. The van der Waals surface area contributed by atoms with E-state index in [1.54, 1.807) is 0 Å². The molecule has 0 aromatic heterocycles. The van der Waals surface area contributed by atoms with E-state index in [4.69, 9.17) is 0 Å². The molecule has 3 unspecified atom stereocenters. The third kappa shape index (κ3) is 2.86. The van der Waals surface area contributed by atoms with Crippen LogP contribution in [0.25, 0.3) is 0 Å². The van der Waals surface area contributed by atoms with Gasteiger partial charge in [-0.1, -0.05) is 0 Å². The van der Waals surface area contributed by atoms with Crippen LogP contribution in [-0.2, 0) is 0 Å². The monoisotopic (exact) mass is 216 g/mol. The lowest BCUT2D eigenvalue weighted by molar-refractivity contribution is 0.144. The predicted octanol–water partition coefficient (Wildman–Crippen LogP) is 0.0519. The highest BCUT2D eigenvalue weighted by Gasteiger charge is 2.25. The normalized spacial score (nSPS) is 38.8. The van der Waals surface area contributed by atoms with Crippen LogP contribution in [0.2, 0.25) is 0 Å². The molecular weight excluding hydrogens is 196 g/mol. The first-order valence-electron chi connectivity index (χ1n) is 5.56. The SMILES string of the molecule is OC1CNCC1CNC1CCCSC1. The molecule has 4 heteroatoms. The van der Waals surface area contributed by atoms with Gasteiger partial charge in [-0.25, -0.2) is 0 Å². The molecule has 0 bridgehead atoms. The molecule has 0 saturated carbocycles. The van der Waals surface area contributed by atoms with Gasteiger partial charge in [0, 0.05) is 37.3 Å². The van der Waals surface area contributed by atoms with Crippen LogP contribution in [-0.4, -0.2) is 48.4 Å². The third-order valence-corrected chi connectivity index (χ3v) is 4.35. The minimum absolute atomic E-state index is 0.140. The Labute approximate surface area is 90.0 Å². The Bertz CT molecular complexity index is 174. The maximum Gasteiger partial charge on any atom is 0.0716 e. The molecule has 2 aliphatic heterocycles. The summed E-state index contributed by atoms with van der Waals surface area (Å²) in [5.41, 5.74) is 0. The van der Waals surface area contributed by atoms with Crippen LogP contribution in [0.5, 0.6) is 0 Å². The van der Waals surface area contributed by atoms with E-state index >= 15 is 0 Å². The fraction of sp³-hybridized carbons (Fsp3) is 1.00. The molecule has 14 heavy (non-hydrogen) atoms. The molecular formula is C10H20N2OS. The first-order valence-corrected chi connectivity index (χ1v) is 6.71. The average molecular weight is 216 g/mol. The Kier molecular flexibility index (Phi) is 4.10. The fourth-order valence-corrected chi connectivity index (χ4v) is 3.25. The summed E-state index contributed by atoms with van der Waals surface area (Å²) in [5, 5.41) is 16.4. The average Bonchev–Trinajstić information content (AvgIpc) is 2.63. The van der Waals surface area contributed by atoms with Gasteiger partial charge < -0.3 is 15.7 Å². The van der Waals surface area contributed by atoms with Crippen molar-refractivity contribution in [3.05, 3.63) is 0 Å². The van der Waals surface area contributed by atoms with Crippen molar-refractivity contribution in [1.29, 1.82) is 0 Å². The summed E-state index contributed by atoms with van der Waals surface area (Å²) in [6.45, 7) is 2.71. The van der Waals surface area contributed by atoms with Crippen molar-refractivity contribution in [3.8, 4) is 0 Å². The van der Waals surface area contributed by atoms with Crippen LogP contribution in [0.3, 0.4) is 0 Å². The van der Waals surface area contributed by atoms with Crippen molar-refractivity contribution in [3.63, 3.8) is 0 Å². The topological polar surface area (TPSA) is 44.3 Å². The lowest BCUT2D eigenvalue weighted by Gasteiger charge is -2.24. The van der Waals surface area contributed by atoms with Crippen molar-refractivity contribution < 1.29 is 5.11 Å². The predicted molar refractivity (Wildman–Crippen MR) is 60.7 cm³/mol. The van der Waals surface area contributed by atoms with Gasteiger partial charge in [-0.15, -0.1) is 0 Å². The number of nitrogens with one attached hydrogen (secondary N) is 2. The smallest absolute Gasteiger partial charge is 0.0716 e. The van der Waals surface area contributed by atoms with Gasteiger partial charge in [0.2, 0.25) is 0 Å². The lowest BCUT2D eigenvalue weighted by atomic mass is 10.1. The molecule has 0 amide bonds. The fourth-order valence-electron chi connectivity index (χ4n) is 2.15. The van der Waals surface area contributed by atoms with Crippen molar-refractivity contribution in [2.24, 2.45) is 5.92 Å². The van der Waals surface area contributed by atoms with E-state index in [9.17, 15) is 5.11 Å². The zero-order valence-electron chi connectivity index (χ0n) is 8.54. The highest BCUT2D eigenvalue weighted by molar-refractivity contribution is 7.99. The van der Waals surface area contributed by atoms with Gasteiger partial charge in [0.25, 0.3) is 0 Å². The van der Waals surface area contributed by atoms with E-state index in [2.05, 4.69) is 10.6 Å². The highest BCUT2D eigenvalue weighted by Crippen LogP contribution is 2.17. The van der Waals surface area contributed by atoms with E-state index in [1.807, 2.05) is 11.8 Å². The van der Waals surface area contributed by atoms with Gasteiger partial charge in [-0.05, 0) is 18.6 Å². The summed E-state index contributed by atoms with van der Waals surface area (Å²) in [6.07, 6.45) is 2.51. The maximum absolute atomic E-state index is 9.61. The number of aliphatic hydroxyl groups is 1. The minimum Gasteiger partial charge on any atom is -0.391 e. The molecule has 0 aromatic carbocycles. The number of thioether (sulfide) groups is 1. The van der Waals surface area contributed by atoms with Gasteiger partial charge in [0.05, 0.1) is 6.10 Å². The van der Waals surface area contributed by atoms with E-state index in [-0.39, 0.29) is 6.10 Å². The molecule has 3 atom stereocenters. The molecule has 82 valence electrons. The van der Waals surface area contributed by atoms with E-state index in [0.717, 1.165) is 19.6 Å². The number of aliphatic hydroxyl groups excluding tert-OH is 1. The molecule has 3 N–H and O–H groups in total. The molecule has 0 aliphatic carbocycles. The molecule has 2 aliphatic rings. The van der Waals surface area contributed by atoms with Gasteiger partial charge >= 0.3 is 0 Å². The second kappa shape index (κ2) is 5.35. The van der Waals surface area contributed by atoms with E-state index in [0.29, 0.717) is 12.0 Å². The Balaban J connectivity index is 1.65. The Morgan fingerprint density at radius 3 is 3.00 bits per heavy atom. The quantitative estimate of drug-likeness (QED) is 0.624. The van der Waals surface area contributed by atoms with Crippen LogP contribution in [0.1, 0.15) is 12.8 Å². The summed E-state index contributed by atoms with van der Waals surface area (Å²) in [4.78, 5) is 0. The first kappa shape index (κ1) is 10.7. The summed E-state index contributed by atoms with van der Waals surface area (Å²) in [7, 11) is 0.